The summed E-state index contributed by atoms with van der Waals surface area (Å²) in [6.45, 7) is 0. The summed E-state index contributed by atoms with van der Waals surface area (Å²) in [5, 5.41) is 2.94. The van der Waals surface area contributed by atoms with Crippen molar-refractivity contribution in [2.75, 3.05) is 5.32 Å². The SMILES string of the molecule is O=C(Nc1ccnc(Cl)n1)C1CCc2ccccc2C1. The molecule has 0 bridgehead atoms. The maximum absolute atomic E-state index is 12.3. The van der Waals surface area contributed by atoms with E-state index in [2.05, 4.69) is 27.4 Å². The van der Waals surface area contributed by atoms with Crippen molar-refractivity contribution < 1.29 is 4.79 Å². The molecule has 1 aromatic heterocycles. The fourth-order valence-corrected chi connectivity index (χ4v) is 2.70. The molecule has 0 aliphatic heterocycles. The molecule has 0 fully saturated rings. The average molecular weight is 288 g/mol. The summed E-state index contributed by atoms with van der Waals surface area (Å²) in [7, 11) is 0. The van der Waals surface area contributed by atoms with Crippen LogP contribution in [0.5, 0.6) is 0 Å². The first kappa shape index (κ1) is 13.1. The lowest BCUT2D eigenvalue weighted by atomic mass is 9.83. The fourth-order valence-electron chi connectivity index (χ4n) is 2.55. The summed E-state index contributed by atoms with van der Waals surface area (Å²) < 4.78 is 0. The Balaban J connectivity index is 1.70. The Labute approximate surface area is 122 Å². The smallest absolute Gasteiger partial charge is 0.228 e. The number of hydrogen-bond acceptors (Lipinski definition) is 3. The van der Waals surface area contributed by atoms with E-state index in [1.165, 1.54) is 17.3 Å². The van der Waals surface area contributed by atoms with Crippen LogP contribution in [0.1, 0.15) is 17.5 Å². The average Bonchev–Trinajstić information content (AvgIpc) is 2.47. The van der Waals surface area contributed by atoms with E-state index in [0.717, 1.165) is 19.3 Å². The second-order valence-corrected chi connectivity index (χ2v) is 5.25. The lowest BCUT2D eigenvalue weighted by Crippen LogP contribution is -2.28. The van der Waals surface area contributed by atoms with Gasteiger partial charge in [0.05, 0.1) is 0 Å². The number of aromatic nitrogens is 2. The van der Waals surface area contributed by atoms with Crippen molar-refractivity contribution in [3.63, 3.8) is 0 Å². The van der Waals surface area contributed by atoms with E-state index in [4.69, 9.17) is 11.6 Å². The van der Waals surface area contributed by atoms with Crippen LogP contribution >= 0.6 is 11.6 Å². The maximum atomic E-state index is 12.3. The summed E-state index contributed by atoms with van der Waals surface area (Å²) in [5.41, 5.74) is 2.61. The van der Waals surface area contributed by atoms with Crippen molar-refractivity contribution in [2.24, 2.45) is 5.92 Å². The van der Waals surface area contributed by atoms with Gasteiger partial charge in [0.1, 0.15) is 5.82 Å². The van der Waals surface area contributed by atoms with Crippen LogP contribution in [-0.4, -0.2) is 15.9 Å². The van der Waals surface area contributed by atoms with E-state index in [1.54, 1.807) is 6.07 Å². The Morgan fingerprint density at radius 1 is 1.25 bits per heavy atom. The van der Waals surface area contributed by atoms with Crippen LogP contribution in [-0.2, 0) is 17.6 Å². The summed E-state index contributed by atoms with van der Waals surface area (Å²) in [5.74, 6) is 0.432. The normalized spacial score (nSPS) is 17.4. The van der Waals surface area contributed by atoms with Crippen LogP contribution in [0.15, 0.2) is 36.5 Å². The zero-order valence-corrected chi connectivity index (χ0v) is 11.6. The number of nitrogens with one attached hydrogen (secondary N) is 1. The topological polar surface area (TPSA) is 54.9 Å². The number of carbonyl (C=O) groups excluding carboxylic acids is 1. The van der Waals surface area contributed by atoms with E-state index in [9.17, 15) is 4.79 Å². The minimum Gasteiger partial charge on any atom is -0.310 e. The zero-order chi connectivity index (χ0) is 13.9. The van der Waals surface area contributed by atoms with Crippen molar-refractivity contribution in [1.29, 1.82) is 0 Å². The summed E-state index contributed by atoms with van der Waals surface area (Å²) in [6, 6.07) is 9.93. The molecule has 1 N–H and O–H groups in total. The molecule has 3 rings (SSSR count). The van der Waals surface area contributed by atoms with Gasteiger partial charge in [0.2, 0.25) is 11.2 Å². The van der Waals surface area contributed by atoms with Gasteiger partial charge in [-0.3, -0.25) is 4.79 Å². The largest absolute Gasteiger partial charge is 0.310 e. The van der Waals surface area contributed by atoms with E-state index < -0.39 is 0 Å². The first-order valence-corrected chi connectivity index (χ1v) is 6.96. The number of amides is 1. The lowest BCUT2D eigenvalue weighted by Gasteiger charge is -2.23. The van der Waals surface area contributed by atoms with Crippen molar-refractivity contribution in [3.05, 3.63) is 52.9 Å². The first-order valence-electron chi connectivity index (χ1n) is 6.58. The second kappa shape index (κ2) is 5.59. The van der Waals surface area contributed by atoms with Crippen molar-refractivity contribution in [3.8, 4) is 0 Å². The van der Waals surface area contributed by atoms with Gasteiger partial charge in [0.15, 0.2) is 0 Å². The van der Waals surface area contributed by atoms with Gasteiger partial charge >= 0.3 is 0 Å². The molecule has 102 valence electrons. The van der Waals surface area contributed by atoms with Gasteiger partial charge in [-0.2, -0.15) is 0 Å². The fraction of sp³-hybridized carbons (Fsp3) is 0.267. The molecule has 1 aromatic carbocycles. The Hall–Kier alpha value is -1.94. The summed E-state index contributed by atoms with van der Waals surface area (Å²) >= 11 is 5.71. The number of halogens is 1. The predicted octanol–water partition coefficient (Wildman–Crippen LogP) is 2.87. The molecule has 1 aliphatic rings. The molecule has 0 spiro atoms. The summed E-state index contributed by atoms with van der Waals surface area (Å²) in [6.07, 6.45) is 4.11. The molecule has 0 radical (unpaired) electrons. The van der Waals surface area contributed by atoms with E-state index >= 15 is 0 Å². The number of hydrogen-bond donors (Lipinski definition) is 1. The molecule has 1 unspecified atom stereocenters. The Morgan fingerprint density at radius 2 is 2.05 bits per heavy atom. The molecular weight excluding hydrogens is 274 g/mol. The highest BCUT2D eigenvalue weighted by Crippen LogP contribution is 2.26. The third-order valence-corrected chi connectivity index (χ3v) is 3.78. The van der Waals surface area contributed by atoms with Gasteiger partial charge < -0.3 is 5.32 Å². The minimum atomic E-state index is -0.0151. The molecule has 4 nitrogen and oxygen atoms in total. The lowest BCUT2D eigenvalue weighted by molar-refractivity contribution is -0.120. The third kappa shape index (κ3) is 2.80. The van der Waals surface area contributed by atoms with E-state index in [1.807, 2.05) is 12.1 Å². The molecule has 0 saturated carbocycles. The number of benzene rings is 1. The first-order chi connectivity index (χ1) is 9.72. The molecular formula is C15H14ClN3O. The number of nitrogens with zero attached hydrogens (tertiary/aromatic N) is 2. The molecule has 1 atom stereocenters. The Kier molecular flexibility index (Phi) is 3.65. The minimum absolute atomic E-state index is 0.00531. The zero-order valence-electron chi connectivity index (χ0n) is 10.8. The monoisotopic (exact) mass is 287 g/mol. The number of carbonyl (C=O) groups is 1. The van der Waals surface area contributed by atoms with Crippen LogP contribution in [0.2, 0.25) is 5.28 Å². The van der Waals surface area contributed by atoms with Gasteiger partial charge in [-0.1, -0.05) is 24.3 Å². The molecule has 1 aliphatic carbocycles. The van der Waals surface area contributed by atoms with E-state index in [-0.39, 0.29) is 17.1 Å². The van der Waals surface area contributed by atoms with Crippen molar-refractivity contribution in [2.45, 2.75) is 19.3 Å². The molecule has 0 saturated heterocycles. The molecule has 5 heteroatoms. The van der Waals surface area contributed by atoms with Crippen LogP contribution in [0.3, 0.4) is 0 Å². The van der Waals surface area contributed by atoms with Crippen molar-refractivity contribution >= 4 is 23.3 Å². The van der Waals surface area contributed by atoms with Crippen LogP contribution in [0.4, 0.5) is 5.82 Å². The van der Waals surface area contributed by atoms with Gasteiger partial charge in [-0.25, -0.2) is 9.97 Å². The molecule has 1 amide bonds. The van der Waals surface area contributed by atoms with E-state index in [0.29, 0.717) is 5.82 Å². The number of aryl methyl sites for hydroxylation is 1. The van der Waals surface area contributed by atoms with Gasteiger partial charge in [-0.15, -0.1) is 0 Å². The van der Waals surface area contributed by atoms with Gasteiger partial charge in [0.25, 0.3) is 0 Å². The summed E-state index contributed by atoms with van der Waals surface area (Å²) in [4.78, 5) is 20.0. The van der Waals surface area contributed by atoms with Crippen LogP contribution in [0.25, 0.3) is 0 Å². The highest BCUT2D eigenvalue weighted by atomic mass is 35.5. The number of rotatable bonds is 2. The number of fused-ring (bicyclic) bond motifs is 1. The van der Waals surface area contributed by atoms with Crippen LogP contribution < -0.4 is 5.32 Å². The standard InChI is InChI=1S/C15H14ClN3O/c16-15-17-8-7-13(19-15)18-14(20)12-6-5-10-3-1-2-4-11(10)9-12/h1-4,7-8,12H,5-6,9H2,(H,17,18,19,20). The number of anilines is 1. The predicted molar refractivity (Wildman–Crippen MR) is 77.6 cm³/mol. The quantitative estimate of drug-likeness (QED) is 0.864. The van der Waals surface area contributed by atoms with Gasteiger partial charge in [-0.05, 0) is 48.1 Å². The molecule has 20 heavy (non-hydrogen) atoms. The maximum Gasteiger partial charge on any atom is 0.228 e. The van der Waals surface area contributed by atoms with Crippen molar-refractivity contribution in [1.82, 2.24) is 9.97 Å². The van der Waals surface area contributed by atoms with Gasteiger partial charge in [0, 0.05) is 12.1 Å². The third-order valence-electron chi connectivity index (χ3n) is 3.60. The van der Waals surface area contributed by atoms with Crippen LogP contribution in [0, 0.1) is 5.92 Å². The highest BCUT2D eigenvalue weighted by Gasteiger charge is 2.24. The molecule has 2 aromatic rings. The Bertz CT molecular complexity index is 645. The molecule has 1 heterocycles. The Morgan fingerprint density at radius 3 is 2.85 bits per heavy atom. The highest BCUT2D eigenvalue weighted by molar-refractivity contribution is 6.28. The second-order valence-electron chi connectivity index (χ2n) is 4.91.